The van der Waals surface area contributed by atoms with Crippen LogP contribution in [0.1, 0.15) is 61.0 Å². The van der Waals surface area contributed by atoms with Crippen LogP contribution in [0.3, 0.4) is 0 Å². The van der Waals surface area contributed by atoms with Gasteiger partial charge in [-0.05, 0) is 19.8 Å². The molecule has 0 aromatic carbocycles. The van der Waals surface area contributed by atoms with Gasteiger partial charge in [0.05, 0.1) is 24.0 Å². The third kappa shape index (κ3) is 3.35. The second-order valence-corrected chi connectivity index (χ2v) is 6.02. The van der Waals surface area contributed by atoms with Crippen molar-refractivity contribution in [3.05, 3.63) is 30.1 Å². The molecule has 2 aromatic rings. The van der Waals surface area contributed by atoms with Gasteiger partial charge in [-0.2, -0.15) is 10.2 Å². The van der Waals surface area contributed by atoms with E-state index in [0.29, 0.717) is 18.0 Å². The molecule has 0 spiro atoms. The SMILES string of the molecule is C[C@@H](Cn1cncn1)NC(=O)c1cn[nH]c1C1CCCCC1. The Morgan fingerprint density at radius 3 is 3.00 bits per heavy atom. The van der Waals surface area contributed by atoms with Gasteiger partial charge in [-0.3, -0.25) is 14.6 Å². The van der Waals surface area contributed by atoms with E-state index in [2.05, 4.69) is 25.6 Å². The first-order valence-electron chi connectivity index (χ1n) is 7.90. The number of carbonyl (C=O) groups is 1. The zero-order valence-corrected chi connectivity index (χ0v) is 12.8. The van der Waals surface area contributed by atoms with Crippen LogP contribution in [0, 0.1) is 0 Å². The molecule has 0 aliphatic heterocycles. The predicted molar refractivity (Wildman–Crippen MR) is 81.4 cm³/mol. The smallest absolute Gasteiger partial charge is 0.255 e. The zero-order valence-electron chi connectivity index (χ0n) is 12.8. The zero-order chi connectivity index (χ0) is 15.4. The fraction of sp³-hybridized carbons (Fsp3) is 0.600. The summed E-state index contributed by atoms with van der Waals surface area (Å²) in [4.78, 5) is 16.4. The summed E-state index contributed by atoms with van der Waals surface area (Å²) in [5, 5.41) is 14.2. The first-order chi connectivity index (χ1) is 10.7. The number of H-pyrrole nitrogens is 1. The lowest BCUT2D eigenvalue weighted by atomic mass is 9.85. The van der Waals surface area contributed by atoms with Crippen LogP contribution in [-0.4, -0.2) is 36.9 Å². The molecule has 22 heavy (non-hydrogen) atoms. The number of nitrogens with zero attached hydrogens (tertiary/aromatic N) is 4. The van der Waals surface area contributed by atoms with E-state index < -0.39 is 0 Å². The minimum Gasteiger partial charge on any atom is -0.348 e. The van der Waals surface area contributed by atoms with Gasteiger partial charge in [-0.15, -0.1) is 0 Å². The maximum Gasteiger partial charge on any atom is 0.255 e. The van der Waals surface area contributed by atoms with Gasteiger partial charge in [0.2, 0.25) is 0 Å². The third-order valence-corrected chi connectivity index (χ3v) is 4.23. The van der Waals surface area contributed by atoms with Gasteiger partial charge in [0, 0.05) is 12.0 Å². The van der Waals surface area contributed by atoms with Crippen molar-refractivity contribution < 1.29 is 4.79 Å². The monoisotopic (exact) mass is 302 g/mol. The second kappa shape index (κ2) is 6.72. The standard InChI is InChI=1S/C15H22N6O/c1-11(8-21-10-16-9-18-21)19-15(22)13-7-17-20-14(13)12-5-3-2-4-6-12/h7,9-12H,2-6,8H2,1H3,(H,17,20)(H,19,22)/t11-/m0/s1. The summed E-state index contributed by atoms with van der Waals surface area (Å²) in [6.45, 7) is 2.56. The average Bonchev–Trinajstić information content (AvgIpc) is 3.18. The van der Waals surface area contributed by atoms with E-state index in [1.165, 1.54) is 25.6 Å². The second-order valence-electron chi connectivity index (χ2n) is 6.02. The van der Waals surface area contributed by atoms with E-state index in [-0.39, 0.29) is 11.9 Å². The van der Waals surface area contributed by atoms with Crippen molar-refractivity contribution >= 4 is 5.91 Å². The van der Waals surface area contributed by atoms with E-state index in [9.17, 15) is 4.79 Å². The number of aromatic nitrogens is 5. The number of amides is 1. The Bertz CT molecular complexity index is 599. The molecule has 2 N–H and O–H groups in total. The van der Waals surface area contributed by atoms with Crippen LogP contribution in [0.2, 0.25) is 0 Å². The number of aromatic amines is 1. The molecule has 1 aliphatic carbocycles. The molecule has 2 aromatic heterocycles. The molecule has 7 nitrogen and oxygen atoms in total. The van der Waals surface area contributed by atoms with E-state index >= 15 is 0 Å². The Morgan fingerprint density at radius 1 is 1.45 bits per heavy atom. The Labute approximate surface area is 129 Å². The lowest BCUT2D eigenvalue weighted by Gasteiger charge is -2.21. The van der Waals surface area contributed by atoms with Crippen LogP contribution in [0.4, 0.5) is 0 Å². The van der Waals surface area contributed by atoms with Crippen LogP contribution in [0.15, 0.2) is 18.9 Å². The highest BCUT2D eigenvalue weighted by Gasteiger charge is 2.24. The molecule has 118 valence electrons. The van der Waals surface area contributed by atoms with Crippen molar-refractivity contribution in [3.8, 4) is 0 Å². The molecule has 0 saturated heterocycles. The molecule has 1 fully saturated rings. The maximum atomic E-state index is 12.5. The van der Waals surface area contributed by atoms with Gasteiger partial charge >= 0.3 is 0 Å². The molecule has 1 atom stereocenters. The van der Waals surface area contributed by atoms with E-state index in [4.69, 9.17) is 0 Å². The highest BCUT2D eigenvalue weighted by Crippen LogP contribution is 2.33. The van der Waals surface area contributed by atoms with Crippen LogP contribution in [-0.2, 0) is 6.54 Å². The molecular weight excluding hydrogens is 280 g/mol. The van der Waals surface area contributed by atoms with Crippen LogP contribution in [0.5, 0.6) is 0 Å². The van der Waals surface area contributed by atoms with Gasteiger partial charge in [-0.25, -0.2) is 4.98 Å². The Balaban J connectivity index is 1.63. The molecule has 0 bridgehead atoms. The molecule has 2 heterocycles. The fourth-order valence-electron chi connectivity index (χ4n) is 3.13. The fourth-order valence-corrected chi connectivity index (χ4v) is 3.13. The molecule has 1 saturated carbocycles. The predicted octanol–water partition coefficient (Wildman–Crippen LogP) is 1.87. The van der Waals surface area contributed by atoms with Crippen molar-refractivity contribution in [1.29, 1.82) is 0 Å². The number of rotatable bonds is 5. The minimum absolute atomic E-state index is 0.0247. The van der Waals surface area contributed by atoms with Gasteiger partial charge in [0.15, 0.2) is 0 Å². The molecule has 0 unspecified atom stereocenters. The topological polar surface area (TPSA) is 88.5 Å². The molecule has 1 aliphatic rings. The minimum atomic E-state index is -0.0676. The summed E-state index contributed by atoms with van der Waals surface area (Å²) >= 11 is 0. The summed E-state index contributed by atoms with van der Waals surface area (Å²) in [5.41, 5.74) is 1.67. The van der Waals surface area contributed by atoms with Crippen LogP contribution in [0.25, 0.3) is 0 Å². The van der Waals surface area contributed by atoms with Gasteiger partial charge < -0.3 is 5.32 Å². The normalized spacial score (nSPS) is 17.3. The van der Waals surface area contributed by atoms with Crippen LogP contribution >= 0.6 is 0 Å². The highest BCUT2D eigenvalue weighted by molar-refractivity contribution is 5.95. The van der Waals surface area contributed by atoms with E-state index in [1.807, 2.05) is 6.92 Å². The lowest BCUT2D eigenvalue weighted by Crippen LogP contribution is -2.36. The van der Waals surface area contributed by atoms with E-state index in [1.54, 1.807) is 17.2 Å². The Hall–Kier alpha value is -2.18. The van der Waals surface area contributed by atoms with Gasteiger partial charge in [-0.1, -0.05) is 19.3 Å². The molecule has 3 rings (SSSR count). The number of hydrogen-bond donors (Lipinski definition) is 2. The van der Waals surface area contributed by atoms with Crippen molar-refractivity contribution in [1.82, 2.24) is 30.3 Å². The molecule has 0 radical (unpaired) electrons. The molecular formula is C15H22N6O. The summed E-state index contributed by atoms with van der Waals surface area (Å²) in [6.07, 6.45) is 10.8. The van der Waals surface area contributed by atoms with Gasteiger partial charge in [0.1, 0.15) is 12.7 Å². The summed E-state index contributed by atoms with van der Waals surface area (Å²) in [7, 11) is 0. The van der Waals surface area contributed by atoms with E-state index in [0.717, 1.165) is 18.5 Å². The largest absolute Gasteiger partial charge is 0.348 e. The first kappa shape index (κ1) is 14.7. The van der Waals surface area contributed by atoms with Crippen molar-refractivity contribution in [3.63, 3.8) is 0 Å². The van der Waals surface area contributed by atoms with Crippen molar-refractivity contribution in [2.75, 3.05) is 0 Å². The van der Waals surface area contributed by atoms with Crippen molar-refractivity contribution in [2.24, 2.45) is 0 Å². The third-order valence-electron chi connectivity index (χ3n) is 4.23. The maximum absolute atomic E-state index is 12.5. The Morgan fingerprint density at radius 2 is 2.27 bits per heavy atom. The number of hydrogen-bond acceptors (Lipinski definition) is 4. The number of carbonyl (C=O) groups excluding carboxylic acids is 1. The number of nitrogens with one attached hydrogen (secondary N) is 2. The Kier molecular flexibility index (Phi) is 4.50. The lowest BCUT2D eigenvalue weighted by molar-refractivity contribution is 0.0934. The summed E-state index contributed by atoms with van der Waals surface area (Å²) in [6, 6.07) is -0.0247. The summed E-state index contributed by atoms with van der Waals surface area (Å²) < 4.78 is 1.71. The molecule has 7 heteroatoms. The van der Waals surface area contributed by atoms with Crippen LogP contribution < -0.4 is 5.32 Å². The summed E-state index contributed by atoms with van der Waals surface area (Å²) in [5.74, 6) is 0.365. The van der Waals surface area contributed by atoms with Crippen molar-refractivity contribution in [2.45, 2.75) is 57.5 Å². The average molecular weight is 302 g/mol. The quantitative estimate of drug-likeness (QED) is 0.882. The molecule has 1 amide bonds. The first-order valence-corrected chi connectivity index (χ1v) is 7.90. The highest BCUT2D eigenvalue weighted by atomic mass is 16.1. The van der Waals surface area contributed by atoms with Gasteiger partial charge in [0.25, 0.3) is 5.91 Å².